The number of nitro groups is 1. The Bertz CT molecular complexity index is 905. The summed E-state index contributed by atoms with van der Waals surface area (Å²) in [6.07, 6.45) is 0.121. The lowest BCUT2D eigenvalue weighted by atomic mass is 10.1. The number of ether oxygens (including phenoxy) is 2. The molecular formula is C21H22N2O6S. The van der Waals surface area contributed by atoms with Gasteiger partial charge in [-0.2, -0.15) is 0 Å². The first-order valence-electron chi connectivity index (χ1n) is 9.39. The van der Waals surface area contributed by atoms with E-state index < -0.39 is 15.8 Å². The maximum Gasteiger partial charge on any atom is 0.410 e. The van der Waals surface area contributed by atoms with Crippen LogP contribution in [0.3, 0.4) is 0 Å². The summed E-state index contributed by atoms with van der Waals surface area (Å²) in [7, 11) is 0. The summed E-state index contributed by atoms with van der Waals surface area (Å²) in [6, 6.07) is 15.2. The molecule has 1 atom stereocenters. The average molecular weight is 430 g/mol. The third kappa shape index (κ3) is 5.73. The van der Waals surface area contributed by atoms with Gasteiger partial charge in [0.05, 0.1) is 9.67 Å². The van der Waals surface area contributed by atoms with Crippen LogP contribution in [-0.2, 0) is 16.1 Å². The first-order valence-corrected chi connectivity index (χ1v) is 10.2. The quantitative estimate of drug-likeness (QED) is 0.483. The number of hydrogen-bond acceptors (Lipinski definition) is 7. The molecule has 1 amide bonds. The number of likely N-dealkylation sites (tertiary alicyclic amines) is 1. The summed E-state index contributed by atoms with van der Waals surface area (Å²) in [5.41, 5.74) is 0.638. The van der Waals surface area contributed by atoms with Crippen LogP contribution in [0.4, 0.5) is 10.5 Å². The van der Waals surface area contributed by atoms with E-state index in [-0.39, 0.29) is 17.4 Å². The summed E-state index contributed by atoms with van der Waals surface area (Å²) >= 11 is 1.19. The summed E-state index contributed by atoms with van der Waals surface area (Å²) in [5, 5.41) is 10.7. The van der Waals surface area contributed by atoms with Gasteiger partial charge in [-0.05, 0) is 36.2 Å². The Morgan fingerprint density at radius 3 is 2.50 bits per heavy atom. The van der Waals surface area contributed by atoms with Gasteiger partial charge in [-0.15, -0.1) is 0 Å². The number of thioether (sulfide) groups is 1. The number of nitro benzene ring substituents is 1. The van der Waals surface area contributed by atoms with E-state index in [0.29, 0.717) is 37.4 Å². The highest BCUT2D eigenvalue weighted by Crippen LogP contribution is 2.37. The Kier molecular flexibility index (Phi) is 6.94. The van der Waals surface area contributed by atoms with E-state index in [1.54, 1.807) is 17.0 Å². The fourth-order valence-corrected chi connectivity index (χ4v) is 4.36. The highest BCUT2D eigenvalue weighted by atomic mass is 32.2. The SMILES string of the molecule is CC(=O)S[C@@]1(COc2ccccc2)CCN(C(=O)OCc2ccc([N+](=O)[O-])cc2)C1. The van der Waals surface area contributed by atoms with Gasteiger partial charge in [0, 0.05) is 32.1 Å². The van der Waals surface area contributed by atoms with Crippen molar-refractivity contribution < 1.29 is 24.0 Å². The van der Waals surface area contributed by atoms with E-state index in [1.807, 2.05) is 30.3 Å². The smallest absolute Gasteiger partial charge is 0.410 e. The van der Waals surface area contributed by atoms with Gasteiger partial charge < -0.3 is 14.4 Å². The van der Waals surface area contributed by atoms with Gasteiger partial charge in [-0.3, -0.25) is 14.9 Å². The van der Waals surface area contributed by atoms with Crippen molar-refractivity contribution in [1.29, 1.82) is 0 Å². The topological polar surface area (TPSA) is 99.0 Å². The zero-order chi connectivity index (χ0) is 21.6. The first kappa shape index (κ1) is 21.6. The van der Waals surface area contributed by atoms with E-state index in [4.69, 9.17) is 9.47 Å². The second kappa shape index (κ2) is 9.62. The number of rotatable bonds is 7. The van der Waals surface area contributed by atoms with E-state index >= 15 is 0 Å². The molecule has 0 spiro atoms. The van der Waals surface area contributed by atoms with Crippen molar-refractivity contribution in [1.82, 2.24) is 4.90 Å². The lowest BCUT2D eigenvalue weighted by Crippen LogP contribution is -2.39. The molecule has 9 heteroatoms. The Morgan fingerprint density at radius 2 is 1.87 bits per heavy atom. The van der Waals surface area contributed by atoms with Gasteiger partial charge in [-0.25, -0.2) is 4.79 Å². The summed E-state index contributed by atoms with van der Waals surface area (Å²) in [4.78, 5) is 36.1. The van der Waals surface area contributed by atoms with Gasteiger partial charge in [0.25, 0.3) is 5.69 Å². The molecule has 1 saturated heterocycles. The minimum Gasteiger partial charge on any atom is -0.492 e. The molecule has 8 nitrogen and oxygen atoms in total. The number of carbonyl (C=O) groups is 2. The first-order chi connectivity index (χ1) is 14.4. The molecule has 30 heavy (non-hydrogen) atoms. The average Bonchev–Trinajstić information content (AvgIpc) is 3.15. The van der Waals surface area contributed by atoms with Crippen molar-refractivity contribution in [2.45, 2.75) is 24.7 Å². The van der Waals surface area contributed by atoms with Crippen LogP contribution in [0.5, 0.6) is 5.75 Å². The lowest BCUT2D eigenvalue weighted by Gasteiger charge is -2.27. The molecule has 0 radical (unpaired) electrons. The maximum absolute atomic E-state index is 12.5. The molecule has 0 aliphatic carbocycles. The van der Waals surface area contributed by atoms with Crippen LogP contribution < -0.4 is 4.74 Å². The number of amides is 1. The van der Waals surface area contributed by atoms with Crippen molar-refractivity contribution in [2.24, 2.45) is 0 Å². The number of carbonyl (C=O) groups excluding carboxylic acids is 2. The van der Waals surface area contributed by atoms with Crippen molar-refractivity contribution in [2.75, 3.05) is 19.7 Å². The van der Waals surface area contributed by atoms with Crippen LogP contribution in [0.1, 0.15) is 18.9 Å². The van der Waals surface area contributed by atoms with Crippen molar-refractivity contribution in [3.05, 3.63) is 70.3 Å². The largest absolute Gasteiger partial charge is 0.492 e. The molecule has 1 aliphatic heterocycles. The Morgan fingerprint density at radius 1 is 1.17 bits per heavy atom. The highest BCUT2D eigenvalue weighted by molar-refractivity contribution is 8.14. The Hall–Kier alpha value is -3.07. The van der Waals surface area contributed by atoms with Crippen molar-refractivity contribution in [3.63, 3.8) is 0 Å². The number of hydrogen-bond donors (Lipinski definition) is 0. The van der Waals surface area contributed by atoms with Gasteiger partial charge in [-0.1, -0.05) is 30.0 Å². The Labute approximate surface area is 178 Å². The third-order valence-corrected chi connectivity index (χ3v) is 5.86. The van der Waals surface area contributed by atoms with Crippen LogP contribution in [-0.4, -0.2) is 45.5 Å². The standard InChI is InChI=1S/C21H22N2O6S/c1-16(24)30-21(15-29-19-5-3-2-4-6-19)11-12-22(14-21)20(25)28-13-17-7-9-18(10-8-17)23(26)27/h2-10H,11-15H2,1H3/t21-/m0/s1. The third-order valence-electron chi connectivity index (χ3n) is 4.69. The van der Waals surface area contributed by atoms with Gasteiger partial charge in [0.2, 0.25) is 0 Å². The summed E-state index contributed by atoms with van der Waals surface area (Å²) in [5.74, 6) is 0.709. The number of benzene rings is 2. The predicted molar refractivity (Wildman–Crippen MR) is 112 cm³/mol. The van der Waals surface area contributed by atoms with Gasteiger partial charge in [0.15, 0.2) is 5.12 Å². The second-order valence-corrected chi connectivity index (χ2v) is 8.67. The molecule has 0 aromatic heterocycles. The molecule has 1 aliphatic rings. The maximum atomic E-state index is 12.5. The molecular weight excluding hydrogens is 408 g/mol. The monoisotopic (exact) mass is 430 g/mol. The van der Waals surface area contributed by atoms with E-state index in [0.717, 1.165) is 0 Å². The molecule has 0 N–H and O–H groups in total. The fourth-order valence-electron chi connectivity index (χ4n) is 3.22. The molecule has 0 unspecified atom stereocenters. The van der Waals surface area contributed by atoms with Crippen LogP contribution in [0.2, 0.25) is 0 Å². The van der Waals surface area contributed by atoms with Crippen LogP contribution in [0.15, 0.2) is 54.6 Å². The molecule has 1 heterocycles. The summed E-state index contributed by atoms with van der Waals surface area (Å²) in [6.45, 7) is 2.61. The molecule has 1 fully saturated rings. The van der Waals surface area contributed by atoms with Crippen molar-refractivity contribution in [3.8, 4) is 5.75 Å². The van der Waals surface area contributed by atoms with E-state index in [9.17, 15) is 19.7 Å². The highest BCUT2D eigenvalue weighted by Gasteiger charge is 2.43. The van der Waals surface area contributed by atoms with E-state index in [1.165, 1.54) is 30.8 Å². The normalized spacial score (nSPS) is 18.1. The van der Waals surface area contributed by atoms with Gasteiger partial charge in [0.1, 0.15) is 19.0 Å². The summed E-state index contributed by atoms with van der Waals surface area (Å²) < 4.78 is 10.7. The lowest BCUT2D eigenvalue weighted by molar-refractivity contribution is -0.384. The fraction of sp³-hybridized carbons (Fsp3) is 0.333. The van der Waals surface area contributed by atoms with Crippen LogP contribution >= 0.6 is 11.8 Å². The van der Waals surface area contributed by atoms with E-state index in [2.05, 4.69) is 0 Å². The Balaban J connectivity index is 1.57. The molecule has 0 bridgehead atoms. The molecule has 0 saturated carbocycles. The van der Waals surface area contributed by atoms with Crippen molar-refractivity contribution >= 4 is 28.7 Å². The van der Waals surface area contributed by atoms with Gasteiger partial charge >= 0.3 is 6.09 Å². The minimum absolute atomic E-state index is 0.0146. The number of non-ortho nitro benzene ring substituents is 1. The molecule has 3 rings (SSSR count). The number of para-hydroxylation sites is 1. The minimum atomic E-state index is -0.534. The predicted octanol–water partition coefficient (Wildman–Crippen LogP) is 4.03. The van der Waals surface area contributed by atoms with Crippen LogP contribution in [0, 0.1) is 10.1 Å². The zero-order valence-electron chi connectivity index (χ0n) is 16.5. The number of nitrogens with zero attached hydrogens (tertiary/aromatic N) is 2. The molecule has 158 valence electrons. The molecule has 2 aromatic carbocycles. The van der Waals surface area contributed by atoms with Crippen LogP contribution in [0.25, 0.3) is 0 Å². The molecule has 2 aromatic rings. The second-order valence-electron chi connectivity index (χ2n) is 7.03. The zero-order valence-corrected chi connectivity index (χ0v) is 17.3.